The van der Waals surface area contributed by atoms with Crippen LogP contribution in [0.3, 0.4) is 0 Å². The van der Waals surface area contributed by atoms with E-state index in [4.69, 9.17) is 16.3 Å². The summed E-state index contributed by atoms with van der Waals surface area (Å²) in [5.41, 5.74) is 0.863. The predicted molar refractivity (Wildman–Crippen MR) is 101 cm³/mol. The summed E-state index contributed by atoms with van der Waals surface area (Å²) in [4.78, 5) is 23.1. The van der Waals surface area contributed by atoms with Crippen molar-refractivity contribution in [2.75, 3.05) is 18.9 Å². The molecule has 138 valence electrons. The fourth-order valence-electron chi connectivity index (χ4n) is 2.07. The average Bonchev–Trinajstić information content (AvgIpc) is 3.02. The van der Waals surface area contributed by atoms with Crippen LogP contribution >= 0.6 is 23.4 Å². The number of ether oxygens (including phenoxy) is 1. The highest BCUT2D eigenvalue weighted by atomic mass is 35.5. The number of nitrogens with one attached hydrogen (secondary N) is 1. The second-order valence-corrected chi connectivity index (χ2v) is 6.46. The third kappa shape index (κ3) is 5.60. The summed E-state index contributed by atoms with van der Waals surface area (Å²) in [6.45, 7) is 6.09. The van der Waals surface area contributed by atoms with Gasteiger partial charge in [-0.3, -0.25) is 14.2 Å². The van der Waals surface area contributed by atoms with Gasteiger partial charge in [0.05, 0.1) is 12.4 Å². The molecule has 1 heterocycles. The fraction of sp³-hybridized carbons (Fsp3) is 0.294. The van der Waals surface area contributed by atoms with Gasteiger partial charge in [-0.15, -0.1) is 16.8 Å². The minimum absolute atomic E-state index is 0.106. The summed E-state index contributed by atoms with van der Waals surface area (Å²) in [6, 6.07) is 7.26. The number of amides is 1. The van der Waals surface area contributed by atoms with Crippen molar-refractivity contribution in [1.82, 2.24) is 20.1 Å². The Kier molecular flexibility index (Phi) is 7.68. The quantitative estimate of drug-likeness (QED) is 0.399. The van der Waals surface area contributed by atoms with Crippen LogP contribution in [0.2, 0.25) is 5.02 Å². The second kappa shape index (κ2) is 9.98. The zero-order valence-electron chi connectivity index (χ0n) is 14.3. The summed E-state index contributed by atoms with van der Waals surface area (Å²) < 4.78 is 6.62. The highest BCUT2D eigenvalue weighted by molar-refractivity contribution is 7.99. The number of rotatable bonds is 9. The van der Waals surface area contributed by atoms with Gasteiger partial charge in [-0.05, 0) is 31.2 Å². The minimum atomic E-state index is -0.467. The first kappa shape index (κ1) is 20.0. The molecule has 0 atom stereocenters. The van der Waals surface area contributed by atoms with Gasteiger partial charge >= 0.3 is 5.97 Å². The molecule has 0 fully saturated rings. The molecule has 0 saturated carbocycles. The molecule has 2 aromatic rings. The number of benzene rings is 1. The van der Waals surface area contributed by atoms with Gasteiger partial charge in [-0.1, -0.05) is 29.4 Å². The SMILES string of the molecule is C=CCn1c(SCC(=O)NCC(=O)OCC)nnc1-c1ccc(Cl)cc1. The van der Waals surface area contributed by atoms with Gasteiger partial charge < -0.3 is 10.1 Å². The van der Waals surface area contributed by atoms with E-state index in [1.807, 2.05) is 16.7 Å². The van der Waals surface area contributed by atoms with E-state index in [0.29, 0.717) is 22.5 Å². The highest BCUT2D eigenvalue weighted by Gasteiger charge is 2.15. The summed E-state index contributed by atoms with van der Waals surface area (Å²) in [5.74, 6) is 0.0147. The maximum absolute atomic E-state index is 11.9. The summed E-state index contributed by atoms with van der Waals surface area (Å²) in [5, 5.41) is 12.1. The van der Waals surface area contributed by atoms with Crippen molar-refractivity contribution in [3.63, 3.8) is 0 Å². The van der Waals surface area contributed by atoms with Crippen molar-refractivity contribution in [3.8, 4) is 11.4 Å². The first-order valence-corrected chi connectivity index (χ1v) is 9.26. The van der Waals surface area contributed by atoms with Crippen molar-refractivity contribution in [3.05, 3.63) is 41.9 Å². The van der Waals surface area contributed by atoms with Crippen molar-refractivity contribution in [1.29, 1.82) is 0 Å². The third-order valence-corrected chi connectivity index (χ3v) is 4.42. The van der Waals surface area contributed by atoms with Crippen LogP contribution in [0.5, 0.6) is 0 Å². The molecule has 9 heteroatoms. The average molecular weight is 395 g/mol. The monoisotopic (exact) mass is 394 g/mol. The molecule has 26 heavy (non-hydrogen) atoms. The molecule has 1 amide bonds. The largest absolute Gasteiger partial charge is 0.465 e. The lowest BCUT2D eigenvalue weighted by molar-refractivity contribution is -0.143. The van der Waals surface area contributed by atoms with E-state index in [2.05, 4.69) is 22.1 Å². The number of carbonyl (C=O) groups excluding carboxylic acids is 2. The number of allylic oxidation sites excluding steroid dienone is 1. The van der Waals surface area contributed by atoms with Crippen LogP contribution in [0, 0.1) is 0 Å². The first-order valence-electron chi connectivity index (χ1n) is 7.90. The molecule has 0 saturated heterocycles. The molecule has 1 N–H and O–H groups in total. The lowest BCUT2D eigenvalue weighted by atomic mass is 10.2. The smallest absolute Gasteiger partial charge is 0.325 e. The van der Waals surface area contributed by atoms with E-state index in [1.165, 1.54) is 11.8 Å². The Morgan fingerprint density at radius 1 is 1.35 bits per heavy atom. The van der Waals surface area contributed by atoms with Crippen LogP contribution in [0.25, 0.3) is 11.4 Å². The molecule has 1 aromatic carbocycles. The third-order valence-electron chi connectivity index (χ3n) is 3.20. The van der Waals surface area contributed by atoms with Gasteiger partial charge in [0, 0.05) is 17.1 Å². The standard InChI is InChI=1S/C17H19ClN4O3S/c1-3-9-22-16(12-5-7-13(18)8-6-12)20-21-17(22)26-11-14(23)19-10-15(24)25-4-2/h3,5-8H,1,4,9-11H2,2H3,(H,19,23). The zero-order valence-corrected chi connectivity index (χ0v) is 15.8. The van der Waals surface area contributed by atoms with Gasteiger partial charge in [0.15, 0.2) is 11.0 Å². The Morgan fingerprint density at radius 3 is 2.73 bits per heavy atom. The molecule has 2 rings (SSSR count). The number of halogens is 1. The summed E-state index contributed by atoms with van der Waals surface area (Å²) >= 11 is 7.15. The van der Waals surface area contributed by atoms with Gasteiger partial charge in [0.25, 0.3) is 0 Å². The van der Waals surface area contributed by atoms with Crippen LogP contribution in [-0.2, 0) is 20.9 Å². The van der Waals surface area contributed by atoms with E-state index < -0.39 is 5.97 Å². The van der Waals surface area contributed by atoms with Crippen molar-refractivity contribution in [2.24, 2.45) is 0 Å². The topological polar surface area (TPSA) is 86.1 Å². The molecule has 0 aliphatic carbocycles. The van der Waals surface area contributed by atoms with Gasteiger partial charge in [0.2, 0.25) is 5.91 Å². The Labute approximate surface area is 160 Å². The number of carbonyl (C=O) groups is 2. The normalized spacial score (nSPS) is 10.4. The fourth-order valence-corrected chi connectivity index (χ4v) is 2.97. The summed E-state index contributed by atoms with van der Waals surface area (Å²) in [7, 11) is 0. The van der Waals surface area contributed by atoms with Crippen LogP contribution < -0.4 is 5.32 Å². The number of thioether (sulfide) groups is 1. The zero-order chi connectivity index (χ0) is 18.9. The summed E-state index contributed by atoms with van der Waals surface area (Å²) in [6.07, 6.45) is 1.73. The molecular formula is C17H19ClN4O3S. The van der Waals surface area contributed by atoms with Gasteiger partial charge in [-0.25, -0.2) is 0 Å². The Bertz CT molecular complexity index is 777. The molecule has 1 aromatic heterocycles. The molecule has 0 bridgehead atoms. The second-order valence-electron chi connectivity index (χ2n) is 5.08. The Balaban J connectivity index is 2.03. The van der Waals surface area contributed by atoms with E-state index in [1.54, 1.807) is 25.1 Å². The number of hydrogen-bond donors (Lipinski definition) is 1. The van der Waals surface area contributed by atoms with E-state index in [-0.39, 0.29) is 24.8 Å². The van der Waals surface area contributed by atoms with Crippen LogP contribution in [-0.4, -0.2) is 45.5 Å². The van der Waals surface area contributed by atoms with Crippen LogP contribution in [0.4, 0.5) is 0 Å². The molecule has 0 aliphatic heterocycles. The lowest BCUT2D eigenvalue weighted by Crippen LogP contribution is -2.31. The van der Waals surface area contributed by atoms with Crippen LogP contribution in [0.15, 0.2) is 42.1 Å². The predicted octanol–water partition coefficient (Wildman–Crippen LogP) is 2.56. The first-order chi connectivity index (χ1) is 12.5. The molecule has 7 nitrogen and oxygen atoms in total. The van der Waals surface area contributed by atoms with E-state index in [9.17, 15) is 9.59 Å². The molecular weight excluding hydrogens is 376 g/mol. The Hall–Kier alpha value is -2.32. The molecule has 0 aliphatic rings. The lowest BCUT2D eigenvalue weighted by Gasteiger charge is -2.08. The molecule has 0 unspecified atom stereocenters. The van der Waals surface area contributed by atoms with Crippen LogP contribution in [0.1, 0.15) is 6.92 Å². The number of hydrogen-bond acceptors (Lipinski definition) is 6. The van der Waals surface area contributed by atoms with Crippen molar-refractivity contribution >= 4 is 35.2 Å². The van der Waals surface area contributed by atoms with Crippen molar-refractivity contribution in [2.45, 2.75) is 18.6 Å². The minimum Gasteiger partial charge on any atom is -0.465 e. The van der Waals surface area contributed by atoms with Crippen molar-refractivity contribution < 1.29 is 14.3 Å². The maximum atomic E-state index is 11.9. The molecule has 0 spiro atoms. The van der Waals surface area contributed by atoms with E-state index in [0.717, 1.165) is 5.56 Å². The number of esters is 1. The Morgan fingerprint density at radius 2 is 2.08 bits per heavy atom. The van der Waals surface area contributed by atoms with Gasteiger partial charge in [-0.2, -0.15) is 0 Å². The number of nitrogens with zero attached hydrogens (tertiary/aromatic N) is 3. The maximum Gasteiger partial charge on any atom is 0.325 e. The number of aromatic nitrogens is 3. The van der Waals surface area contributed by atoms with Gasteiger partial charge in [0.1, 0.15) is 6.54 Å². The molecule has 0 radical (unpaired) electrons. The van der Waals surface area contributed by atoms with E-state index >= 15 is 0 Å². The highest BCUT2D eigenvalue weighted by Crippen LogP contribution is 2.25.